The number of hydrogen-bond acceptors (Lipinski definition) is 5. The molecule has 0 aromatic carbocycles. The summed E-state index contributed by atoms with van der Waals surface area (Å²) in [6.45, 7) is 4.11. The van der Waals surface area contributed by atoms with Crippen molar-refractivity contribution in [3.05, 3.63) is 6.07 Å². The highest BCUT2D eigenvalue weighted by Gasteiger charge is 2.19. The Kier molecular flexibility index (Phi) is 5.76. The predicted molar refractivity (Wildman–Crippen MR) is 83.0 cm³/mol. The molecule has 5 heteroatoms. The smallest absolute Gasteiger partial charge is 0.191 e. The fourth-order valence-electron chi connectivity index (χ4n) is 1.96. The number of thioether (sulfide) groups is 1. The van der Waals surface area contributed by atoms with E-state index >= 15 is 0 Å². The molecule has 0 radical (unpaired) electrons. The first-order valence-corrected chi connectivity index (χ1v) is 8.45. The molecule has 1 aliphatic carbocycles. The van der Waals surface area contributed by atoms with Gasteiger partial charge in [-0.05, 0) is 31.4 Å². The molecular weight excluding hydrogens is 256 g/mol. The summed E-state index contributed by atoms with van der Waals surface area (Å²) in [4.78, 5) is 8.95. The van der Waals surface area contributed by atoms with Crippen LogP contribution in [-0.2, 0) is 0 Å². The topological polar surface area (TPSA) is 49.8 Å². The fraction of sp³-hybridized carbons (Fsp3) is 0.714. The standard InChI is InChI=1S/C14H24N4S/c1-3-8-15-12-10-13(18-14(17-12)19-2)16-9-4-5-11-6-7-11/h10-11H,3-9H2,1-2H3,(H2,15,16,17,18). The molecule has 0 unspecified atom stereocenters. The maximum atomic E-state index is 4.49. The molecule has 19 heavy (non-hydrogen) atoms. The summed E-state index contributed by atoms with van der Waals surface area (Å²) in [5, 5.41) is 7.56. The number of nitrogens with one attached hydrogen (secondary N) is 2. The number of hydrogen-bond donors (Lipinski definition) is 2. The van der Waals surface area contributed by atoms with Crippen LogP contribution in [0.4, 0.5) is 11.6 Å². The molecule has 0 saturated heterocycles. The normalized spacial score (nSPS) is 14.4. The average Bonchev–Trinajstić information content (AvgIpc) is 3.25. The van der Waals surface area contributed by atoms with Gasteiger partial charge in [-0.25, -0.2) is 9.97 Å². The third-order valence-electron chi connectivity index (χ3n) is 3.24. The minimum atomic E-state index is 0.825. The number of aromatic nitrogens is 2. The van der Waals surface area contributed by atoms with E-state index in [0.717, 1.165) is 42.2 Å². The number of anilines is 2. The Morgan fingerprint density at radius 3 is 2.47 bits per heavy atom. The van der Waals surface area contributed by atoms with Crippen LogP contribution in [0.5, 0.6) is 0 Å². The van der Waals surface area contributed by atoms with Crippen LogP contribution in [-0.4, -0.2) is 29.3 Å². The second kappa shape index (κ2) is 7.58. The van der Waals surface area contributed by atoms with E-state index in [2.05, 4.69) is 27.5 Å². The molecule has 0 aliphatic heterocycles. The Hall–Kier alpha value is -0.970. The first kappa shape index (κ1) is 14.4. The maximum Gasteiger partial charge on any atom is 0.191 e. The van der Waals surface area contributed by atoms with Crippen molar-refractivity contribution >= 4 is 23.4 Å². The molecule has 0 spiro atoms. The Bertz CT molecular complexity index is 393. The van der Waals surface area contributed by atoms with Gasteiger partial charge in [-0.3, -0.25) is 0 Å². The van der Waals surface area contributed by atoms with E-state index in [9.17, 15) is 0 Å². The summed E-state index contributed by atoms with van der Waals surface area (Å²) < 4.78 is 0. The highest BCUT2D eigenvalue weighted by molar-refractivity contribution is 7.98. The van der Waals surface area contributed by atoms with Crippen LogP contribution in [0, 0.1) is 5.92 Å². The highest BCUT2D eigenvalue weighted by atomic mass is 32.2. The fourth-order valence-corrected chi connectivity index (χ4v) is 2.34. The lowest BCUT2D eigenvalue weighted by atomic mass is 10.2. The molecule has 2 rings (SSSR count). The molecule has 0 bridgehead atoms. The van der Waals surface area contributed by atoms with Crippen LogP contribution < -0.4 is 10.6 Å². The van der Waals surface area contributed by atoms with Crippen LogP contribution in [0.1, 0.15) is 39.0 Å². The van der Waals surface area contributed by atoms with Crippen molar-refractivity contribution in [3.8, 4) is 0 Å². The molecule has 0 amide bonds. The van der Waals surface area contributed by atoms with E-state index in [4.69, 9.17) is 0 Å². The molecule has 1 aliphatic rings. The minimum Gasteiger partial charge on any atom is -0.370 e. The lowest BCUT2D eigenvalue weighted by Crippen LogP contribution is -2.08. The lowest BCUT2D eigenvalue weighted by Gasteiger charge is -2.10. The van der Waals surface area contributed by atoms with E-state index in [0.29, 0.717) is 0 Å². The van der Waals surface area contributed by atoms with Crippen molar-refractivity contribution in [1.29, 1.82) is 0 Å². The second-order valence-corrected chi connectivity index (χ2v) is 5.84. The first-order valence-electron chi connectivity index (χ1n) is 7.22. The van der Waals surface area contributed by atoms with Gasteiger partial charge in [0.25, 0.3) is 0 Å². The highest BCUT2D eigenvalue weighted by Crippen LogP contribution is 2.33. The molecule has 1 aromatic heterocycles. The zero-order valence-corrected chi connectivity index (χ0v) is 12.7. The van der Waals surface area contributed by atoms with Crippen molar-refractivity contribution in [2.24, 2.45) is 5.92 Å². The molecule has 106 valence electrons. The van der Waals surface area contributed by atoms with E-state index in [1.807, 2.05) is 12.3 Å². The molecule has 1 heterocycles. The minimum absolute atomic E-state index is 0.825. The Labute approximate surface area is 120 Å². The van der Waals surface area contributed by atoms with Gasteiger partial charge in [-0.15, -0.1) is 0 Å². The van der Waals surface area contributed by atoms with Crippen LogP contribution in [0.2, 0.25) is 0 Å². The van der Waals surface area contributed by atoms with Crippen molar-refractivity contribution in [3.63, 3.8) is 0 Å². The third-order valence-corrected chi connectivity index (χ3v) is 3.78. The van der Waals surface area contributed by atoms with Gasteiger partial charge in [0, 0.05) is 19.2 Å². The third kappa shape index (κ3) is 5.27. The largest absolute Gasteiger partial charge is 0.370 e. The lowest BCUT2D eigenvalue weighted by molar-refractivity contribution is 0.686. The summed E-state index contributed by atoms with van der Waals surface area (Å²) in [5.41, 5.74) is 0. The van der Waals surface area contributed by atoms with Crippen LogP contribution in [0.3, 0.4) is 0 Å². The Morgan fingerprint density at radius 2 is 1.89 bits per heavy atom. The molecule has 1 aromatic rings. The van der Waals surface area contributed by atoms with Gasteiger partial charge in [0.15, 0.2) is 5.16 Å². The zero-order chi connectivity index (χ0) is 13.5. The van der Waals surface area contributed by atoms with Gasteiger partial charge in [0.2, 0.25) is 0 Å². The Morgan fingerprint density at radius 1 is 1.21 bits per heavy atom. The van der Waals surface area contributed by atoms with Crippen molar-refractivity contribution in [1.82, 2.24) is 9.97 Å². The molecule has 0 atom stereocenters. The van der Waals surface area contributed by atoms with E-state index in [1.54, 1.807) is 11.8 Å². The van der Waals surface area contributed by atoms with Gasteiger partial charge >= 0.3 is 0 Å². The molecule has 1 fully saturated rings. The van der Waals surface area contributed by atoms with Crippen molar-refractivity contribution in [2.75, 3.05) is 30.0 Å². The number of nitrogens with zero attached hydrogens (tertiary/aromatic N) is 2. The summed E-state index contributed by atoms with van der Waals surface area (Å²) in [5.74, 6) is 2.87. The molecule has 1 saturated carbocycles. The molecular formula is C14H24N4S. The quantitative estimate of drug-likeness (QED) is 0.411. The van der Waals surface area contributed by atoms with Gasteiger partial charge in [0.1, 0.15) is 11.6 Å². The number of rotatable bonds is 9. The van der Waals surface area contributed by atoms with Crippen LogP contribution in [0.15, 0.2) is 11.2 Å². The SMILES string of the molecule is CCCNc1cc(NCCCC2CC2)nc(SC)n1. The van der Waals surface area contributed by atoms with E-state index in [-0.39, 0.29) is 0 Å². The average molecular weight is 280 g/mol. The van der Waals surface area contributed by atoms with E-state index in [1.165, 1.54) is 25.7 Å². The summed E-state index contributed by atoms with van der Waals surface area (Å²) in [6, 6.07) is 2.01. The van der Waals surface area contributed by atoms with Crippen LogP contribution >= 0.6 is 11.8 Å². The zero-order valence-electron chi connectivity index (χ0n) is 11.9. The summed E-state index contributed by atoms with van der Waals surface area (Å²) >= 11 is 1.58. The first-order chi connectivity index (χ1) is 9.31. The van der Waals surface area contributed by atoms with Gasteiger partial charge in [-0.2, -0.15) is 0 Å². The van der Waals surface area contributed by atoms with Crippen molar-refractivity contribution < 1.29 is 0 Å². The maximum absolute atomic E-state index is 4.49. The Balaban J connectivity index is 1.85. The predicted octanol–water partition coefficient (Wildman–Crippen LogP) is 3.62. The van der Waals surface area contributed by atoms with E-state index < -0.39 is 0 Å². The molecule has 2 N–H and O–H groups in total. The van der Waals surface area contributed by atoms with Gasteiger partial charge in [0.05, 0.1) is 0 Å². The second-order valence-electron chi connectivity index (χ2n) is 5.06. The summed E-state index contributed by atoms with van der Waals surface area (Å²) in [6.07, 6.45) is 8.58. The molecule has 4 nitrogen and oxygen atoms in total. The van der Waals surface area contributed by atoms with Crippen molar-refractivity contribution in [2.45, 2.75) is 44.2 Å². The van der Waals surface area contributed by atoms with Crippen LogP contribution in [0.25, 0.3) is 0 Å². The van der Waals surface area contributed by atoms with Gasteiger partial charge < -0.3 is 10.6 Å². The summed E-state index contributed by atoms with van der Waals surface area (Å²) in [7, 11) is 0. The monoisotopic (exact) mass is 280 g/mol. The van der Waals surface area contributed by atoms with Gasteiger partial charge in [-0.1, -0.05) is 31.5 Å².